The van der Waals surface area contributed by atoms with E-state index in [2.05, 4.69) is 5.32 Å². The van der Waals surface area contributed by atoms with Gasteiger partial charge < -0.3 is 14.8 Å². The summed E-state index contributed by atoms with van der Waals surface area (Å²) in [7, 11) is 0. The molecule has 1 heterocycles. The molecular formula is C10H13NO4. The molecule has 0 fully saturated rings. The molecule has 0 aliphatic carbocycles. The number of amides is 1. The molecule has 0 aromatic carbocycles. The number of carbonyl (C=O) groups is 2. The predicted octanol–water partition coefficient (Wildman–Crippen LogP) is 1.18. The minimum Gasteiger partial charge on any atom is -0.480 e. The average Bonchev–Trinajstić information content (AvgIpc) is 2.60. The van der Waals surface area contributed by atoms with Crippen molar-refractivity contribution in [3.63, 3.8) is 0 Å². The predicted molar refractivity (Wildman–Crippen MR) is 52.6 cm³/mol. The Bertz CT molecular complexity index is 369. The Morgan fingerprint density at radius 2 is 2.27 bits per heavy atom. The number of furan rings is 1. The summed E-state index contributed by atoms with van der Waals surface area (Å²) in [6.07, 6.45) is 1.73. The van der Waals surface area contributed by atoms with Gasteiger partial charge in [-0.15, -0.1) is 0 Å². The molecule has 5 heteroatoms. The second-order valence-corrected chi connectivity index (χ2v) is 3.21. The number of hydrogen-bond acceptors (Lipinski definition) is 3. The van der Waals surface area contributed by atoms with Crippen LogP contribution in [0, 0.1) is 6.92 Å². The first-order valence-electron chi connectivity index (χ1n) is 4.64. The van der Waals surface area contributed by atoms with E-state index in [0.29, 0.717) is 12.0 Å². The van der Waals surface area contributed by atoms with E-state index in [-0.39, 0.29) is 5.76 Å². The van der Waals surface area contributed by atoms with Gasteiger partial charge in [-0.25, -0.2) is 4.79 Å². The Labute approximate surface area is 87.1 Å². The summed E-state index contributed by atoms with van der Waals surface area (Å²) in [5.41, 5.74) is 0.688. The molecule has 1 aromatic heterocycles. The third-order valence-corrected chi connectivity index (χ3v) is 2.08. The van der Waals surface area contributed by atoms with Crippen LogP contribution in [-0.4, -0.2) is 23.0 Å². The Balaban J connectivity index is 2.71. The maximum atomic E-state index is 11.5. The van der Waals surface area contributed by atoms with Crippen LogP contribution < -0.4 is 5.32 Å². The van der Waals surface area contributed by atoms with Crippen LogP contribution in [0.4, 0.5) is 0 Å². The monoisotopic (exact) mass is 211 g/mol. The zero-order valence-corrected chi connectivity index (χ0v) is 8.61. The van der Waals surface area contributed by atoms with Gasteiger partial charge >= 0.3 is 5.97 Å². The molecule has 1 rings (SSSR count). The van der Waals surface area contributed by atoms with Crippen molar-refractivity contribution in [3.8, 4) is 0 Å². The zero-order chi connectivity index (χ0) is 11.4. The average molecular weight is 211 g/mol. The molecule has 0 spiro atoms. The summed E-state index contributed by atoms with van der Waals surface area (Å²) in [5, 5.41) is 11.1. The SMILES string of the molecule is CC[C@@H](NC(=O)c1occc1C)C(=O)O. The minimum absolute atomic E-state index is 0.162. The van der Waals surface area contributed by atoms with E-state index in [9.17, 15) is 9.59 Å². The standard InChI is InChI=1S/C10H13NO4/c1-3-7(10(13)14)11-9(12)8-6(2)4-5-15-8/h4-5,7H,3H2,1-2H3,(H,11,12)(H,13,14)/t7-/m1/s1. The summed E-state index contributed by atoms with van der Waals surface area (Å²) in [4.78, 5) is 22.2. The molecule has 0 bridgehead atoms. The lowest BCUT2D eigenvalue weighted by Crippen LogP contribution is -2.40. The van der Waals surface area contributed by atoms with Crippen LogP contribution in [-0.2, 0) is 4.79 Å². The molecule has 5 nitrogen and oxygen atoms in total. The number of hydrogen-bond donors (Lipinski definition) is 2. The second kappa shape index (κ2) is 4.63. The van der Waals surface area contributed by atoms with Crippen LogP contribution in [0.5, 0.6) is 0 Å². The number of carboxylic acid groups (broad SMARTS) is 1. The van der Waals surface area contributed by atoms with Gasteiger partial charge in [-0.3, -0.25) is 4.79 Å². The lowest BCUT2D eigenvalue weighted by molar-refractivity contribution is -0.139. The highest BCUT2D eigenvalue weighted by Gasteiger charge is 2.20. The molecule has 0 aliphatic heterocycles. The Morgan fingerprint density at radius 1 is 1.60 bits per heavy atom. The van der Waals surface area contributed by atoms with Gasteiger partial charge in [0.15, 0.2) is 5.76 Å². The first-order valence-corrected chi connectivity index (χ1v) is 4.64. The van der Waals surface area contributed by atoms with Crippen molar-refractivity contribution in [2.75, 3.05) is 0 Å². The first-order chi connectivity index (χ1) is 7.06. The van der Waals surface area contributed by atoms with E-state index in [4.69, 9.17) is 9.52 Å². The topological polar surface area (TPSA) is 79.5 Å². The van der Waals surface area contributed by atoms with Crippen LogP contribution in [0.15, 0.2) is 16.7 Å². The normalized spacial score (nSPS) is 12.1. The van der Waals surface area contributed by atoms with Crippen molar-refractivity contribution >= 4 is 11.9 Å². The fourth-order valence-corrected chi connectivity index (χ4v) is 1.17. The summed E-state index contributed by atoms with van der Waals surface area (Å²) in [6, 6.07) is 0.776. The molecule has 0 unspecified atom stereocenters. The number of aryl methyl sites for hydroxylation is 1. The molecule has 82 valence electrons. The highest BCUT2D eigenvalue weighted by atomic mass is 16.4. The molecule has 15 heavy (non-hydrogen) atoms. The molecule has 0 radical (unpaired) electrons. The van der Waals surface area contributed by atoms with Gasteiger partial charge in [-0.05, 0) is 19.4 Å². The van der Waals surface area contributed by atoms with Gasteiger partial charge in [0.25, 0.3) is 5.91 Å². The Morgan fingerprint density at radius 3 is 2.67 bits per heavy atom. The van der Waals surface area contributed by atoms with Crippen LogP contribution in [0.3, 0.4) is 0 Å². The number of aliphatic carboxylic acids is 1. The van der Waals surface area contributed by atoms with Gasteiger partial charge in [0.1, 0.15) is 6.04 Å². The van der Waals surface area contributed by atoms with E-state index >= 15 is 0 Å². The maximum Gasteiger partial charge on any atom is 0.326 e. The molecule has 0 saturated heterocycles. The highest BCUT2D eigenvalue weighted by molar-refractivity contribution is 5.95. The van der Waals surface area contributed by atoms with Crippen molar-refractivity contribution in [1.82, 2.24) is 5.32 Å². The molecule has 0 saturated carbocycles. The summed E-state index contributed by atoms with van der Waals surface area (Å²) < 4.78 is 4.95. The molecule has 2 N–H and O–H groups in total. The number of nitrogens with one attached hydrogen (secondary N) is 1. The van der Waals surface area contributed by atoms with E-state index in [1.165, 1.54) is 6.26 Å². The Kier molecular flexibility index (Phi) is 3.49. The highest BCUT2D eigenvalue weighted by Crippen LogP contribution is 2.08. The smallest absolute Gasteiger partial charge is 0.326 e. The number of rotatable bonds is 4. The second-order valence-electron chi connectivity index (χ2n) is 3.21. The molecule has 1 atom stereocenters. The lowest BCUT2D eigenvalue weighted by atomic mass is 10.2. The fourth-order valence-electron chi connectivity index (χ4n) is 1.17. The third kappa shape index (κ3) is 2.59. The zero-order valence-electron chi connectivity index (χ0n) is 8.61. The van der Waals surface area contributed by atoms with Crippen LogP contribution >= 0.6 is 0 Å². The van der Waals surface area contributed by atoms with Crippen molar-refractivity contribution in [2.24, 2.45) is 0 Å². The van der Waals surface area contributed by atoms with Crippen molar-refractivity contribution in [3.05, 3.63) is 23.7 Å². The van der Waals surface area contributed by atoms with Crippen LogP contribution in [0.1, 0.15) is 29.5 Å². The molecule has 1 amide bonds. The van der Waals surface area contributed by atoms with Gasteiger partial charge in [0.2, 0.25) is 0 Å². The van der Waals surface area contributed by atoms with Gasteiger partial charge in [0, 0.05) is 5.56 Å². The van der Waals surface area contributed by atoms with E-state index < -0.39 is 17.9 Å². The van der Waals surface area contributed by atoms with E-state index in [1.807, 2.05) is 0 Å². The van der Waals surface area contributed by atoms with Crippen LogP contribution in [0.2, 0.25) is 0 Å². The third-order valence-electron chi connectivity index (χ3n) is 2.08. The van der Waals surface area contributed by atoms with E-state index in [1.54, 1.807) is 19.9 Å². The summed E-state index contributed by atoms with van der Waals surface area (Å²) in [6.45, 7) is 3.41. The number of carbonyl (C=O) groups excluding carboxylic acids is 1. The quantitative estimate of drug-likeness (QED) is 0.783. The first kappa shape index (κ1) is 11.3. The fraction of sp³-hybridized carbons (Fsp3) is 0.400. The molecular weight excluding hydrogens is 198 g/mol. The minimum atomic E-state index is -1.05. The largest absolute Gasteiger partial charge is 0.480 e. The van der Waals surface area contributed by atoms with Gasteiger partial charge in [-0.1, -0.05) is 6.92 Å². The Hall–Kier alpha value is -1.78. The van der Waals surface area contributed by atoms with Crippen molar-refractivity contribution in [1.29, 1.82) is 0 Å². The van der Waals surface area contributed by atoms with Crippen molar-refractivity contribution in [2.45, 2.75) is 26.3 Å². The summed E-state index contributed by atoms with van der Waals surface area (Å²) >= 11 is 0. The molecule has 1 aromatic rings. The lowest BCUT2D eigenvalue weighted by Gasteiger charge is -2.10. The van der Waals surface area contributed by atoms with Gasteiger partial charge in [0.05, 0.1) is 6.26 Å². The van der Waals surface area contributed by atoms with Crippen molar-refractivity contribution < 1.29 is 19.1 Å². The number of carboxylic acids is 1. The van der Waals surface area contributed by atoms with E-state index in [0.717, 1.165) is 0 Å². The van der Waals surface area contributed by atoms with Gasteiger partial charge in [-0.2, -0.15) is 0 Å². The summed E-state index contributed by atoms with van der Waals surface area (Å²) in [5.74, 6) is -1.38. The van der Waals surface area contributed by atoms with Crippen LogP contribution in [0.25, 0.3) is 0 Å². The maximum absolute atomic E-state index is 11.5. The molecule has 0 aliphatic rings.